The second kappa shape index (κ2) is 3.64. The highest BCUT2D eigenvalue weighted by atomic mass is 79.9. The maximum absolute atomic E-state index is 5.68. The van der Waals surface area contributed by atoms with Gasteiger partial charge in [-0.05, 0) is 28.1 Å². The number of nitrogens with two attached hydrogens (primary N) is 1. The molecule has 3 aromatic heterocycles. The van der Waals surface area contributed by atoms with Crippen LogP contribution in [0.2, 0.25) is 0 Å². The smallest absolute Gasteiger partial charge is 0.149 e. The van der Waals surface area contributed by atoms with Crippen LogP contribution in [0.3, 0.4) is 0 Å². The number of nitrogens with one attached hydrogen (secondary N) is 1. The van der Waals surface area contributed by atoms with Crippen LogP contribution in [0.15, 0.2) is 44.0 Å². The van der Waals surface area contributed by atoms with Gasteiger partial charge in [0.05, 0.1) is 28.3 Å². The number of H-pyrrole nitrogens is 1. The third-order valence-corrected chi connectivity index (χ3v) is 3.92. The Kier molecular flexibility index (Phi) is 2.05. The lowest BCUT2D eigenvalue weighted by molar-refractivity contribution is 0.611. The minimum absolute atomic E-state index is 0.439. The van der Waals surface area contributed by atoms with E-state index in [2.05, 4.69) is 26.1 Å². The molecule has 0 fully saturated rings. The highest BCUT2D eigenvalue weighted by Gasteiger charge is 2.19. The summed E-state index contributed by atoms with van der Waals surface area (Å²) in [7, 11) is 0. The lowest BCUT2D eigenvalue weighted by atomic mass is 10.0. The first-order valence-electron chi connectivity index (χ1n) is 5.63. The molecule has 0 saturated carbocycles. The van der Waals surface area contributed by atoms with Gasteiger partial charge in [-0.15, -0.1) is 0 Å². The summed E-state index contributed by atoms with van der Waals surface area (Å²) in [4.78, 5) is 0. The molecule has 4 aromatic rings. The number of hydrogen-bond acceptors (Lipinski definition) is 4. The zero-order valence-corrected chi connectivity index (χ0v) is 11.2. The average Bonchev–Trinajstić information content (AvgIpc) is 3.09. The minimum Gasteiger partial charge on any atom is -0.464 e. The predicted molar refractivity (Wildman–Crippen MR) is 75.7 cm³/mol. The molecular formula is C13H8BrN3O2. The highest BCUT2D eigenvalue weighted by molar-refractivity contribution is 9.10. The Morgan fingerprint density at radius 3 is 2.58 bits per heavy atom. The third-order valence-electron chi connectivity index (χ3n) is 3.13. The fourth-order valence-corrected chi connectivity index (χ4v) is 2.95. The topological polar surface area (TPSA) is 81.0 Å². The van der Waals surface area contributed by atoms with Gasteiger partial charge in [0.2, 0.25) is 0 Å². The van der Waals surface area contributed by atoms with Gasteiger partial charge in [-0.1, -0.05) is 0 Å². The van der Waals surface area contributed by atoms with E-state index in [0.717, 1.165) is 37.7 Å². The third kappa shape index (κ3) is 1.37. The van der Waals surface area contributed by atoms with E-state index in [0.29, 0.717) is 5.82 Å². The van der Waals surface area contributed by atoms with Crippen molar-refractivity contribution in [2.75, 3.05) is 5.73 Å². The Balaban J connectivity index is 2.24. The number of furan rings is 2. The van der Waals surface area contributed by atoms with Crippen molar-refractivity contribution < 1.29 is 8.83 Å². The molecule has 6 heteroatoms. The van der Waals surface area contributed by atoms with Gasteiger partial charge in [-0.2, -0.15) is 5.10 Å². The summed E-state index contributed by atoms with van der Waals surface area (Å²) < 4.78 is 12.0. The number of aromatic amines is 1. The van der Waals surface area contributed by atoms with E-state index in [-0.39, 0.29) is 0 Å². The molecule has 0 spiro atoms. The summed E-state index contributed by atoms with van der Waals surface area (Å²) in [6.45, 7) is 0. The Morgan fingerprint density at radius 2 is 1.84 bits per heavy atom. The Bertz CT molecular complexity index is 851. The molecule has 0 atom stereocenters. The van der Waals surface area contributed by atoms with Gasteiger partial charge >= 0.3 is 0 Å². The maximum atomic E-state index is 5.68. The summed E-state index contributed by atoms with van der Waals surface area (Å²) in [6.07, 6.45) is 3.30. The number of aromatic nitrogens is 2. The lowest BCUT2D eigenvalue weighted by Crippen LogP contribution is -1.82. The number of nitrogen functional groups attached to an aromatic ring is 1. The van der Waals surface area contributed by atoms with E-state index in [9.17, 15) is 0 Å². The van der Waals surface area contributed by atoms with Gasteiger partial charge in [0.25, 0.3) is 0 Å². The van der Waals surface area contributed by atoms with Gasteiger partial charge in [0.15, 0.2) is 0 Å². The van der Waals surface area contributed by atoms with Crippen molar-refractivity contribution in [3.8, 4) is 11.3 Å². The fraction of sp³-hybridized carbons (Fsp3) is 0. The molecule has 3 N–H and O–H groups in total. The van der Waals surface area contributed by atoms with Crippen molar-refractivity contribution in [1.29, 1.82) is 0 Å². The van der Waals surface area contributed by atoms with Crippen LogP contribution in [0.1, 0.15) is 0 Å². The van der Waals surface area contributed by atoms with E-state index < -0.39 is 0 Å². The van der Waals surface area contributed by atoms with Crippen molar-refractivity contribution in [3.63, 3.8) is 0 Å². The largest absolute Gasteiger partial charge is 0.464 e. The first kappa shape index (κ1) is 10.7. The Morgan fingerprint density at radius 1 is 1.11 bits per heavy atom. The van der Waals surface area contributed by atoms with E-state index in [4.69, 9.17) is 14.6 Å². The normalized spacial score (nSPS) is 11.6. The molecule has 1 aromatic carbocycles. The second-order valence-corrected chi connectivity index (χ2v) is 5.02. The number of benzene rings is 1. The molecule has 0 unspecified atom stereocenters. The van der Waals surface area contributed by atoms with E-state index >= 15 is 0 Å². The second-order valence-electron chi connectivity index (χ2n) is 4.22. The molecule has 0 radical (unpaired) electrons. The number of fused-ring (bicyclic) bond motifs is 2. The zero-order chi connectivity index (χ0) is 13.0. The number of anilines is 1. The molecular weight excluding hydrogens is 310 g/mol. The number of halogens is 1. The molecule has 19 heavy (non-hydrogen) atoms. The molecule has 0 aliphatic rings. The van der Waals surface area contributed by atoms with Crippen LogP contribution >= 0.6 is 15.9 Å². The zero-order valence-electron chi connectivity index (χ0n) is 9.61. The average molecular weight is 318 g/mol. The van der Waals surface area contributed by atoms with Crippen molar-refractivity contribution in [2.45, 2.75) is 0 Å². The van der Waals surface area contributed by atoms with E-state index in [1.54, 1.807) is 18.6 Å². The molecule has 94 valence electrons. The van der Waals surface area contributed by atoms with E-state index in [1.807, 2.05) is 12.1 Å². The molecule has 5 nitrogen and oxygen atoms in total. The molecule has 0 saturated heterocycles. The molecule has 0 aliphatic heterocycles. The number of nitrogens with zero attached hydrogens (tertiary/aromatic N) is 1. The van der Waals surface area contributed by atoms with Gasteiger partial charge in [0.1, 0.15) is 17.0 Å². The summed E-state index contributed by atoms with van der Waals surface area (Å²) in [6, 6.07) is 5.57. The van der Waals surface area contributed by atoms with Crippen LogP contribution < -0.4 is 5.73 Å². The van der Waals surface area contributed by atoms with Gasteiger partial charge in [-0.3, -0.25) is 5.10 Å². The van der Waals surface area contributed by atoms with Crippen LogP contribution in [0, 0.1) is 0 Å². The highest BCUT2D eigenvalue weighted by Crippen LogP contribution is 2.42. The van der Waals surface area contributed by atoms with Crippen LogP contribution in [0.5, 0.6) is 0 Å². The van der Waals surface area contributed by atoms with Crippen LogP contribution in [0.4, 0.5) is 5.82 Å². The molecule has 0 bridgehead atoms. The molecule has 4 rings (SSSR count). The summed E-state index contributed by atoms with van der Waals surface area (Å²) in [5, 5.41) is 8.77. The summed E-state index contributed by atoms with van der Waals surface area (Å²) >= 11 is 3.55. The standard InChI is InChI=1S/C13H8BrN3O2/c14-11-7-2-4-18-12(7)10(6-1-3-19-13(6)11)8-5-9(15)17-16-8/h1-5H,(H3,15,16,17). The first-order chi connectivity index (χ1) is 9.25. The monoisotopic (exact) mass is 317 g/mol. The summed E-state index contributed by atoms with van der Waals surface area (Å²) in [5.41, 5.74) is 8.92. The van der Waals surface area contributed by atoms with Gasteiger partial charge in [-0.25, -0.2) is 0 Å². The maximum Gasteiger partial charge on any atom is 0.149 e. The Labute approximate surface area is 115 Å². The van der Waals surface area contributed by atoms with Crippen molar-refractivity contribution >= 4 is 43.7 Å². The van der Waals surface area contributed by atoms with Gasteiger partial charge in [0, 0.05) is 16.8 Å². The quantitative estimate of drug-likeness (QED) is 0.557. The number of hydrogen-bond donors (Lipinski definition) is 2. The minimum atomic E-state index is 0.439. The van der Waals surface area contributed by atoms with Crippen LogP contribution in [-0.4, -0.2) is 10.2 Å². The fourth-order valence-electron chi connectivity index (χ4n) is 2.33. The number of rotatable bonds is 1. The van der Waals surface area contributed by atoms with Crippen LogP contribution in [-0.2, 0) is 0 Å². The predicted octanol–water partition coefficient (Wildman–Crippen LogP) is 3.91. The van der Waals surface area contributed by atoms with Gasteiger partial charge < -0.3 is 14.6 Å². The SMILES string of the molecule is Nc1cc(-c2c3ccoc3c(Br)c3ccoc23)[nH]n1. The first-order valence-corrected chi connectivity index (χ1v) is 6.42. The van der Waals surface area contributed by atoms with Crippen molar-refractivity contribution in [2.24, 2.45) is 0 Å². The Hall–Kier alpha value is -2.21. The van der Waals surface area contributed by atoms with E-state index in [1.165, 1.54) is 0 Å². The molecule has 3 heterocycles. The molecule has 0 aliphatic carbocycles. The lowest BCUT2D eigenvalue weighted by Gasteiger charge is -2.03. The summed E-state index contributed by atoms with van der Waals surface area (Å²) in [5.74, 6) is 0.439. The van der Waals surface area contributed by atoms with Crippen molar-refractivity contribution in [1.82, 2.24) is 10.2 Å². The van der Waals surface area contributed by atoms with Crippen LogP contribution in [0.25, 0.3) is 33.2 Å². The molecule has 0 amide bonds. The van der Waals surface area contributed by atoms with Crippen molar-refractivity contribution in [3.05, 3.63) is 35.2 Å².